The molecule has 3 aromatic rings. The first kappa shape index (κ1) is 21.1. The van der Waals surface area contributed by atoms with Gasteiger partial charge in [-0.3, -0.25) is 14.2 Å². The molecule has 0 aliphatic carbocycles. The summed E-state index contributed by atoms with van der Waals surface area (Å²) in [6, 6.07) is 10.6. The number of benzene rings is 1. The van der Waals surface area contributed by atoms with Crippen LogP contribution in [0.3, 0.4) is 0 Å². The minimum Gasteiger partial charge on any atom is -0.467 e. The van der Waals surface area contributed by atoms with Gasteiger partial charge in [0.05, 0.1) is 29.0 Å². The third-order valence-corrected chi connectivity index (χ3v) is 5.36. The van der Waals surface area contributed by atoms with E-state index in [0.717, 1.165) is 0 Å². The molecule has 0 aliphatic heterocycles. The number of rotatable bonds is 10. The minimum atomic E-state index is -0.226. The Morgan fingerprint density at radius 1 is 1.31 bits per heavy atom. The number of hydrogen-bond acceptors (Lipinski definition) is 6. The second kappa shape index (κ2) is 10.3. The lowest BCUT2D eigenvalue weighted by Crippen LogP contribution is -2.29. The van der Waals surface area contributed by atoms with Gasteiger partial charge in [-0.2, -0.15) is 0 Å². The maximum atomic E-state index is 12.9. The molecule has 3 rings (SSSR count). The van der Waals surface area contributed by atoms with Crippen molar-refractivity contribution in [3.05, 3.63) is 58.8 Å². The first-order chi connectivity index (χ1) is 14.1. The van der Waals surface area contributed by atoms with Crippen molar-refractivity contribution in [2.45, 2.75) is 38.0 Å². The molecular formula is C21H25N3O4S. The molecule has 2 aromatic heterocycles. The summed E-state index contributed by atoms with van der Waals surface area (Å²) in [5.41, 5.74) is 0.532. The predicted octanol–water partition coefficient (Wildman–Crippen LogP) is 3.39. The molecule has 1 atom stereocenters. The van der Waals surface area contributed by atoms with Gasteiger partial charge in [0, 0.05) is 19.8 Å². The summed E-state index contributed by atoms with van der Waals surface area (Å²) in [4.78, 5) is 29.9. The zero-order valence-electron chi connectivity index (χ0n) is 16.6. The van der Waals surface area contributed by atoms with Crippen LogP contribution in [0.4, 0.5) is 0 Å². The van der Waals surface area contributed by atoms with Crippen molar-refractivity contribution in [2.75, 3.05) is 19.0 Å². The van der Waals surface area contributed by atoms with Crippen molar-refractivity contribution in [3.8, 4) is 0 Å². The van der Waals surface area contributed by atoms with Gasteiger partial charge in [-0.05, 0) is 44.5 Å². The van der Waals surface area contributed by atoms with Crippen molar-refractivity contribution in [1.82, 2.24) is 14.9 Å². The van der Waals surface area contributed by atoms with Crippen LogP contribution in [0.25, 0.3) is 10.9 Å². The summed E-state index contributed by atoms with van der Waals surface area (Å²) >= 11 is 1.26. The standard InChI is InChI=1S/C21H25N3O4S/c1-3-27-12-7-11-24-20(26)16-8-4-5-9-17(16)23-21(24)29-14-19(25)22-15(2)18-10-6-13-28-18/h4-6,8-10,13,15H,3,7,11-12,14H2,1-2H3,(H,22,25)/t15-/m1/s1. The third kappa shape index (κ3) is 5.48. The molecule has 0 saturated heterocycles. The fourth-order valence-electron chi connectivity index (χ4n) is 2.95. The minimum absolute atomic E-state index is 0.0982. The Bertz CT molecular complexity index is 1000. The molecule has 1 N–H and O–H groups in total. The number of amides is 1. The first-order valence-corrected chi connectivity index (χ1v) is 10.6. The highest BCUT2D eigenvalue weighted by Gasteiger charge is 2.15. The summed E-state index contributed by atoms with van der Waals surface area (Å²) < 4.78 is 12.3. The number of nitrogens with zero attached hydrogens (tertiary/aromatic N) is 2. The summed E-state index contributed by atoms with van der Waals surface area (Å²) in [7, 11) is 0. The SMILES string of the molecule is CCOCCCn1c(SCC(=O)N[C@H](C)c2ccco2)nc2ccccc2c1=O. The number of aromatic nitrogens is 2. The number of fused-ring (bicyclic) bond motifs is 1. The van der Waals surface area contributed by atoms with Gasteiger partial charge >= 0.3 is 0 Å². The van der Waals surface area contributed by atoms with Crippen molar-refractivity contribution < 1.29 is 13.9 Å². The van der Waals surface area contributed by atoms with Gasteiger partial charge < -0.3 is 14.5 Å². The summed E-state index contributed by atoms with van der Waals surface area (Å²) in [6.07, 6.45) is 2.27. The molecule has 0 radical (unpaired) electrons. The van der Waals surface area contributed by atoms with Crippen LogP contribution in [0.15, 0.2) is 57.0 Å². The number of nitrogens with one attached hydrogen (secondary N) is 1. The highest BCUT2D eigenvalue weighted by Crippen LogP contribution is 2.19. The van der Waals surface area contributed by atoms with Crippen LogP contribution in [-0.4, -0.2) is 34.4 Å². The normalized spacial score (nSPS) is 12.2. The molecule has 1 amide bonds. The molecule has 154 valence electrons. The van der Waals surface area contributed by atoms with E-state index in [9.17, 15) is 9.59 Å². The molecule has 7 nitrogen and oxygen atoms in total. The fourth-order valence-corrected chi connectivity index (χ4v) is 3.78. The van der Waals surface area contributed by atoms with Crippen LogP contribution in [-0.2, 0) is 16.1 Å². The molecule has 29 heavy (non-hydrogen) atoms. The number of para-hydroxylation sites is 1. The molecule has 2 heterocycles. The average molecular weight is 416 g/mol. The second-order valence-electron chi connectivity index (χ2n) is 6.51. The lowest BCUT2D eigenvalue weighted by Gasteiger charge is -2.14. The molecule has 0 aliphatic rings. The van der Waals surface area contributed by atoms with Gasteiger partial charge in [-0.1, -0.05) is 23.9 Å². The number of ether oxygens (including phenoxy) is 1. The highest BCUT2D eigenvalue weighted by atomic mass is 32.2. The Morgan fingerprint density at radius 2 is 2.14 bits per heavy atom. The molecule has 0 fully saturated rings. The van der Waals surface area contributed by atoms with E-state index in [4.69, 9.17) is 9.15 Å². The van der Waals surface area contributed by atoms with E-state index in [0.29, 0.717) is 48.0 Å². The monoisotopic (exact) mass is 415 g/mol. The largest absolute Gasteiger partial charge is 0.467 e. The van der Waals surface area contributed by atoms with Crippen LogP contribution >= 0.6 is 11.8 Å². The van der Waals surface area contributed by atoms with E-state index in [2.05, 4.69) is 10.3 Å². The predicted molar refractivity (Wildman–Crippen MR) is 113 cm³/mol. The molecule has 1 aromatic carbocycles. The fraction of sp³-hybridized carbons (Fsp3) is 0.381. The van der Waals surface area contributed by atoms with E-state index in [1.54, 1.807) is 23.0 Å². The Morgan fingerprint density at radius 3 is 2.90 bits per heavy atom. The number of carbonyl (C=O) groups excluding carboxylic acids is 1. The highest BCUT2D eigenvalue weighted by molar-refractivity contribution is 7.99. The Labute approximate surface area is 173 Å². The maximum absolute atomic E-state index is 12.9. The van der Waals surface area contributed by atoms with Crippen molar-refractivity contribution in [3.63, 3.8) is 0 Å². The number of carbonyl (C=O) groups is 1. The Balaban J connectivity index is 1.74. The summed E-state index contributed by atoms with van der Waals surface area (Å²) in [5, 5.41) is 4.00. The molecule has 0 bridgehead atoms. The molecule has 0 unspecified atom stereocenters. The number of hydrogen-bond donors (Lipinski definition) is 1. The second-order valence-corrected chi connectivity index (χ2v) is 7.45. The molecule has 0 spiro atoms. The summed E-state index contributed by atoms with van der Waals surface area (Å²) in [6.45, 7) is 5.50. The lowest BCUT2D eigenvalue weighted by molar-refractivity contribution is -0.119. The molecular weight excluding hydrogens is 390 g/mol. The zero-order chi connectivity index (χ0) is 20.6. The van der Waals surface area contributed by atoms with Crippen LogP contribution in [0.1, 0.15) is 32.1 Å². The van der Waals surface area contributed by atoms with Gasteiger partial charge in [-0.15, -0.1) is 0 Å². The van der Waals surface area contributed by atoms with Crippen LogP contribution in [0.5, 0.6) is 0 Å². The van der Waals surface area contributed by atoms with Crippen molar-refractivity contribution >= 4 is 28.6 Å². The number of thioether (sulfide) groups is 1. The van der Waals surface area contributed by atoms with Crippen molar-refractivity contribution in [2.24, 2.45) is 0 Å². The quantitative estimate of drug-likeness (QED) is 0.310. The number of furan rings is 1. The van der Waals surface area contributed by atoms with Crippen molar-refractivity contribution in [1.29, 1.82) is 0 Å². The Hall–Kier alpha value is -2.58. The van der Waals surface area contributed by atoms with Gasteiger partial charge in [0.25, 0.3) is 5.56 Å². The Kier molecular flexibility index (Phi) is 7.48. The topological polar surface area (TPSA) is 86.4 Å². The van der Waals surface area contributed by atoms with E-state index < -0.39 is 0 Å². The zero-order valence-corrected chi connectivity index (χ0v) is 17.4. The maximum Gasteiger partial charge on any atom is 0.262 e. The van der Waals surface area contributed by atoms with Gasteiger partial charge in [0.2, 0.25) is 5.91 Å². The van der Waals surface area contributed by atoms with E-state index in [1.807, 2.05) is 38.1 Å². The van der Waals surface area contributed by atoms with Crippen LogP contribution < -0.4 is 10.9 Å². The van der Waals surface area contributed by atoms with Gasteiger partial charge in [-0.25, -0.2) is 4.98 Å². The molecule has 0 saturated carbocycles. The van der Waals surface area contributed by atoms with E-state index in [1.165, 1.54) is 11.8 Å². The van der Waals surface area contributed by atoms with Crippen LogP contribution in [0, 0.1) is 0 Å². The van der Waals surface area contributed by atoms with Crippen LogP contribution in [0.2, 0.25) is 0 Å². The third-order valence-electron chi connectivity index (χ3n) is 4.38. The smallest absolute Gasteiger partial charge is 0.262 e. The van der Waals surface area contributed by atoms with Gasteiger partial charge in [0.15, 0.2) is 5.16 Å². The average Bonchev–Trinajstić information content (AvgIpc) is 3.26. The lowest BCUT2D eigenvalue weighted by atomic mass is 10.2. The first-order valence-electron chi connectivity index (χ1n) is 9.63. The van der Waals surface area contributed by atoms with E-state index in [-0.39, 0.29) is 23.3 Å². The van der Waals surface area contributed by atoms with Gasteiger partial charge in [0.1, 0.15) is 5.76 Å². The molecule has 8 heteroatoms. The summed E-state index contributed by atoms with van der Waals surface area (Å²) in [5.74, 6) is 0.698. The van der Waals surface area contributed by atoms with E-state index >= 15 is 0 Å².